The normalized spacial score (nSPS) is 11.7. The van der Waals surface area contributed by atoms with Crippen LogP contribution in [-0.4, -0.2) is 31.1 Å². The smallest absolute Gasteiger partial charge is 0.296 e. The van der Waals surface area contributed by atoms with Crippen LogP contribution in [0.2, 0.25) is 5.02 Å². The highest BCUT2D eigenvalue weighted by molar-refractivity contribution is 7.86. The minimum atomic E-state index is -4.53. The van der Waals surface area contributed by atoms with Crippen LogP contribution in [0.1, 0.15) is 22.8 Å². The van der Waals surface area contributed by atoms with Crippen LogP contribution < -0.4 is 10.1 Å². The second-order valence-corrected chi connectivity index (χ2v) is 9.67. The number of phenols is 1. The van der Waals surface area contributed by atoms with Gasteiger partial charge in [-0.2, -0.15) is 13.5 Å². The molecule has 0 radical (unpaired) electrons. The number of ether oxygens (including phenoxy) is 1. The summed E-state index contributed by atoms with van der Waals surface area (Å²) in [6, 6.07) is 17.9. The van der Waals surface area contributed by atoms with Gasteiger partial charge in [0.1, 0.15) is 16.3 Å². The largest absolute Gasteiger partial charge is 0.505 e. The molecule has 11 heteroatoms. The average Bonchev–Trinajstić information content (AvgIpc) is 2.87. The molecule has 0 aliphatic carbocycles. The topological polar surface area (TPSA) is 138 Å². The fraction of sp³-hybridized carbons (Fsp3) is 0.115. The van der Waals surface area contributed by atoms with Crippen LogP contribution in [0.4, 0.5) is 17.1 Å². The Morgan fingerprint density at radius 2 is 1.76 bits per heavy atom. The Balaban J connectivity index is 1.81. The molecular weight excluding hydrogens is 518 g/mol. The number of carbonyl (C=O) groups is 1. The Kier molecular flexibility index (Phi) is 7.44. The lowest BCUT2D eigenvalue weighted by Gasteiger charge is -2.13. The van der Waals surface area contributed by atoms with Gasteiger partial charge in [-0.3, -0.25) is 9.35 Å². The molecule has 3 N–H and O–H groups in total. The van der Waals surface area contributed by atoms with Gasteiger partial charge in [0.05, 0.1) is 29.1 Å². The first-order valence-electron chi connectivity index (χ1n) is 11.0. The SMILES string of the molecule is CCc1c(N=Nc2c(O)c(C(=O)Nc3ccccc3OC)cc3ccccc23)ccc(S(=O)(=O)O)c1Cl. The van der Waals surface area contributed by atoms with E-state index in [1.807, 2.05) is 0 Å². The van der Waals surface area contributed by atoms with Crippen molar-refractivity contribution in [3.05, 3.63) is 82.9 Å². The second-order valence-electron chi connectivity index (χ2n) is 7.90. The number of para-hydroxylation sites is 2. The molecule has 9 nitrogen and oxygen atoms in total. The summed E-state index contributed by atoms with van der Waals surface area (Å²) in [4.78, 5) is 12.7. The number of phenolic OH excluding ortho intramolecular Hbond substituents is 1. The van der Waals surface area contributed by atoms with E-state index in [1.165, 1.54) is 13.2 Å². The first kappa shape index (κ1) is 26.1. The lowest BCUT2D eigenvalue weighted by Crippen LogP contribution is -2.13. The molecule has 0 aromatic heterocycles. The first-order valence-corrected chi connectivity index (χ1v) is 12.9. The van der Waals surface area contributed by atoms with Crippen LogP contribution in [0.3, 0.4) is 0 Å². The Bertz CT molecular complexity index is 1650. The van der Waals surface area contributed by atoms with Crippen molar-refractivity contribution in [2.75, 3.05) is 12.4 Å². The van der Waals surface area contributed by atoms with Crippen molar-refractivity contribution in [3.63, 3.8) is 0 Å². The molecule has 0 aliphatic rings. The number of aromatic hydroxyl groups is 1. The number of amides is 1. The van der Waals surface area contributed by atoms with Gasteiger partial charge in [-0.1, -0.05) is 54.9 Å². The van der Waals surface area contributed by atoms with Gasteiger partial charge in [-0.15, -0.1) is 5.11 Å². The standard InChI is InChI=1S/C26H22ClN3O6S/c1-3-16-19(12-13-22(23(16)27)37(33,34)35)29-30-24-17-9-5-4-8-15(17)14-18(25(24)31)26(32)28-20-10-6-7-11-21(20)36-2/h4-14,31H,3H2,1-2H3,(H,28,32)(H,33,34,35). The summed E-state index contributed by atoms with van der Waals surface area (Å²) in [5.41, 5.74) is 1.02. The third kappa shape index (κ3) is 5.26. The summed E-state index contributed by atoms with van der Waals surface area (Å²) in [5, 5.41) is 23.3. The first-order chi connectivity index (χ1) is 17.7. The third-order valence-corrected chi connectivity index (χ3v) is 7.11. The molecule has 0 bridgehead atoms. The van der Waals surface area contributed by atoms with Gasteiger partial charge in [0.2, 0.25) is 0 Å². The maximum absolute atomic E-state index is 13.2. The molecule has 0 spiro atoms. The van der Waals surface area contributed by atoms with E-state index >= 15 is 0 Å². The van der Waals surface area contributed by atoms with E-state index < -0.39 is 26.7 Å². The van der Waals surface area contributed by atoms with E-state index in [9.17, 15) is 22.9 Å². The number of methoxy groups -OCH3 is 1. The monoisotopic (exact) mass is 539 g/mol. The van der Waals surface area contributed by atoms with Crippen LogP contribution in [0.15, 0.2) is 81.9 Å². The molecular formula is C26H22ClN3O6S. The maximum atomic E-state index is 13.2. The minimum absolute atomic E-state index is 0.0333. The number of azo groups is 1. The predicted octanol–water partition coefficient (Wildman–Crippen LogP) is 6.68. The number of halogens is 1. The zero-order chi connectivity index (χ0) is 26.7. The molecule has 0 saturated heterocycles. The van der Waals surface area contributed by atoms with Gasteiger partial charge in [0.15, 0.2) is 5.75 Å². The number of fused-ring (bicyclic) bond motifs is 1. The quantitative estimate of drug-likeness (QED) is 0.177. The molecule has 0 aliphatic heterocycles. The van der Waals surface area contributed by atoms with Gasteiger partial charge in [-0.05, 0) is 47.7 Å². The van der Waals surface area contributed by atoms with Crippen LogP contribution in [-0.2, 0) is 16.5 Å². The highest BCUT2D eigenvalue weighted by Crippen LogP contribution is 2.41. The summed E-state index contributed by atoms with van der Waals surface area (Å²) in [6.45, 7) is 1.74. The van der Waals surface area contributed by atoms with Gasteiger partial charge in [0, 0.05) is 5.39 Å². The second kappa shape index (κ2) is 10.6. The van der Waals surface area contributed by atoms with E-state index in [1.54, 1.807) is 61.5 Å². The van der Waals surface area contributed by atoms with Crippen molar-refractivity contribution < 1.29 is 27.6 Å². The van der Waals surface area contributed by atoms with E-state index in [-0.39, 0.29) is 22.0 Å². The van der Waals surface area contributed by atoms with E-state index in [0.29, 0.717) is 34.2 Å². The van der Waals surface area contributed by atoms with E-state index in [4.69, 9.17) is 16.3 Å². The van der Waals surface area contributed by atoms with Gasteiger partial charge in [-0.25, -0.2) is 0 Å². The van der Waals surface area contributed by atoms with Crippen molar-refractivity contribution in [2.24, 2.45) is 10.2 Å². The molecule has 190 valence electrons. The Hall–Kier alpha value is -3.99. The van der Waals surface area contributed by atoms with Gasteiger partial charge in [0.25, 0.3) is 16.0 Å². The number of rotatable bonds is 7. The molecule has 0 heterocycles. The number of benzene rings is 4. The highest BCUT2D eigenvalue weighted by Gasteiger charge is 2.21. The summed E-state index contributed by atoms with van der Waals surface area (Å²) in [5.74, 6) is -0.527. The molecule has 0 unspecified atom stereocenters. The Morgan fingerprint density at radius 1 is 1.05 bits per heavy atom. The van der Waals surface area contributed by atoms with E-state index in [0.717, 1.165) is 6.07 Å². The number of hydrogen-bond donors (Lipinski definition) is 3. The predicted molar refractivity (Wildman–Crippen MR) is 141 cm³/mol. The van der Waals surface area contributed by atoms with Crippen molar-refractivity contribution in [1.82, 2.24) is 0 Å². The zero-order valence-corrected chi connectivity index (χ0v) is 21.3. The van der Waals surface area contributed by atoms with Crippen LogP contribution in [0.25, 0.3) is 10.8 Å². The molecule has 4 aromatic carbocycles. The highest BCUT2D eigenvalue weighted by atomic mass is 35.5. The summed E-state index contributed by atoms with van der Waals surface area (Å²) in [6.07, 6.45) is 0.296. The number of nitrogens with zero attached hydrogens (tertiary/aromatic N) is 2. The Morgan fingerprint density at radius 3 is 2.46 bits per heavy atom. The van der Waals surface area contributed by atoms with Crippen LogP contribution >= 0.6 is 11.6 Å². The van der Waals surface area contributed by atoms with Gasteiger partial charge >= 0.3 is 0 Å². The van der Waals surface area contributed by atoms with Crippen molar-refractivity contribution in [2.45, 2.75) is 18.2 Å². The van der Waals surface area contributed by atoms with Crippen molar-refractivity contribution in [3.8, 4) is 11.5 Å². The van der Waals surface area contributed by atoms with Crippen LogP contribution in [0.5, 0.6) is 11.5 Å². The van der Waals surface area contributed by atoms with Crippen LogP contribution in [0, 0.1) is 0 Å². The van der Waals surface area contributed by atoms with Gasteiger partial charge < -0.3 is 15.2 Å². The number of hydrogen-bond acceptors (Lipinski definition) is 7. The molecule has 4 rings (SSSR count). The average molecular weight is 540 g/mol. The third-order valence-electron chi connectivity index (χ3n) is 5.67. The fourth-order valence-corrected chi connectivity index (χ4v) is 5.03. The molecule has 37 heavy (non-hydrogen) atoms. The maximum Gasteiger partial charge on any atom is 0.296 e. The lowest BCUT2D eigenvalue weighted by atomic mass is 10.0. The zero-order valence-electron chi connectivity index (χ0n) is 19.8. The minimum Gasteiger partial charge on any atom is -0.505 e. The summed E-state index contributed by atoms with van der Waals surface area (Å²) < 4.78 is 37.9. The molecule has 0 saturated carbocycles. The number of anilines is 1. The Labute approximate surface area is 218 Å². The van der Waals surface area contributed by atoms with Crippen molar-refractivity contribution >= 4 is 55.5 Å². The molecule has 4 aromatic rings. The molecule has 0 fully saturated rings. The number of nitrogens with one attached hydrogen (secondary N) is 1. The molecule has 0 atom stereocenters. The lowest BCUT2D eigenvalue weighted by molar-refractivity contribution is 0.102. The van der Waals surface area contributed by atoms with Crippen molar-refractivity contribution in [1.29, 1.82) is 0 Å². The fourth-order valence-electron chi connectivity index (χ4n) is 3.85. The molecule has 1 amide bonds. The summed E-state index contributed by atoms with van der Waals surface area (Å²) >= 11 is 6.22. The van der Waals surface area contributed by atoms with E-state index in [2.05, 4.69) is 15.5 Å². The summed E-state index contributed by atoms with van der Waals surface area (Å²) in [7, 11) is -3.05. The number of carbonyl (C=O) groups excluding carboxylic acids is 1.